The van der Waals surface area contributed by atoms with Crippen molar-refractivity contribution in [2.75, 3.05) is 31.9 Å². The Morgan fingerprint density at radius 1 is 1.38 bits per heavy atom. The number of rotatable bonds is 8. The summed E-state index contributed by atoms with van der Waals surface area (Å²) in [6, 6.07) is 0. The Labute approximate surface area is 145 Å². The largest absolute Gasteiger partial charge is 0.357 e. The van der Waals surface area contributed by atoms with E-state index in [0.717, 1.165) is 12.8 Å². The molecule has 1 fully saturated rings. The Hall–Kier alpha value is -0.530. The molecule has 0 spiro atoms. The monoisotopic (exact) mass is 428 g/mol. The van der Waals surface area contributed by atoms with Crippen molar-refractivity contribution in [1.82, 2.24) is 15.4 Å². The fourth-order valence-electron chi connectivity index (χ4n) is 1.77. The van der Waals surface area contributed by atoms with E-state index in [-0.39, 0.29) is 36.3 Å². The van der Waals surface area contributed by atoms with Crippen LogP contribution < -0.4 is 15.4 Å². The van der Waals surface area contributed by atoms with E-state index >= 15 is 0 Å². The van der Waals surface area contributed by atoms with Gasteiger partial charge in [0.25, 0.3) is 0 Å². The van der Waals surface area contributed by atoms with Crippen LogP contribution in [0.15, 0.2) is 4.99 Å². The smallest absolute Gasteiger partial charge is 0.213 e. The van der Waals surface area contributed by atoms with Crippen LogP contribution in [-0.2, 0) is 10.0 Å². The second kappa shape index (κ2) is 11.1. The summed E-state index contributed by atoms with van der Waals surface area (Å²) in [6.07, 6.45) is 8.62. The van der Waals surface area contributed by atoms with Crippen LogP contribution in [0.2, 0.25) is 0 Å². The van der Waals surface area contributed by atoms with E-state index in [2.05, 4.69) is 26.3 Å². The van der Waals surface area contributed by atoms with Crippen LogP contribution in [0.3, 0.4) is 0 Å². The number of nitrogens with one attached hydrogen (secondary N) is 3. The topological polar surface area (TPSA) is 82.6 Å². The van der Waals surface area contributed by atoms with Crippen molar-refractivity contribution in [1.29, 1.82) is 0 Å². The normalized spacial score (nSPS) is 15.5. The maximum Gasteiger partial charge on any atom is 0.213 e. The summed E-state index contributed by atoms with van der Waals surface area (Å²) in [4.78, 5) is 4.18. The lowest BCUT2D eigenvalue weighted by Crippen LogP contribution is -2.38. The molecule has 0 aromatic carbocycles. The number of hydrogen-bond donors (Lipinski definition) is 3. The molecule has 1 aliphatic rings. The Kier molecular flexibility index (Phi) is 10.8. The Morgan fingerprint density at radius 3 is 2.62 bits per heavy atom. The van der Waals surface area contributed by atoms with Gasteiger partial charge in [0.1, 0.15) is 0 Å². The fraction of sp³-hybridized carbons (Fsp3) is 0.769. The van der Waals surface area contributed by atoms with Gasteiger partial charge in [0.2, 0.25) is 10.0 Å². The molecule has 1 saturated carbocycles. The molecule has 0 heterocycles. The SMILES string of the molecule is C#CCNC(=NCCS(=O)(=O)NCC1CCC1)NCC.I. The summed E-state index contributed by atoms with van der Waals surface area (Å²) in [5, 5.41) is 5.91. The molecular formula is C13H25IN4O2S. The lowest BCUT2D eigenvalue weighted by molar-refractivity contribution is 0.316. The van der Waals surface area contributed by atoms with Gasteiger partial charge in [-0.3, -0.25) is 4.99 Å². The number of hydrogen-bond acceptors (Lipinski definition) is 3. The summed E-state index contributed by atoms with van der Waals surface area (Å²) in [6.45, 7) is 3.76. The van der Waals surface area contributed by atoms with Crippen LogP contribution in [0.5, 0.6) is 0 Å². The molecule has 6 nitrogen and oxygen atoms in total. The van der Waals surface area contributed by atoms with Gasteiger partial charge in [-0.25, -0.2) is 13.1 Å². The Morgan fingerprint density at radius 2 is 2.10 bits per heavy atom. The minimum Gasteiger partial charge on any atom is -0.357 e. The minimum atomic E-state index is -3.24. The average molecular weight is 428 g/mol. The summed E-state index contributed by atoms with van der Waals surface area (Å²) in [5.74, 6) is 3.50. The predicted octanol–water partition coefficient (Wildman–Crippen LogP) is 0.512. The molecule has 122 valence electrons. The number of halogens is 1. The maximum absolute atomic E-state index is 11.8. The maximum atomic E-state index is 11.8. The zero-order valence-electron chi connectivity index (χ0n) is 12.4. The highest BCUT2D eigenvalue weighted by Gasteiger charge is 2.19. The molecule has 0 bridgehead atoms. The van der Waals surface area contributed by atoms with Gasteiger partial charge in [-0.1, -0.05) is 12.3 Å². The Balaban J connectivity index is 0.00000400. The van der Waals surface area contributed by atoms with Crippen LogP contribution in [-0.4, -0.2) is 46.3 Å². The first kappa shape index (κ1) is 20.5. The van der Waals surface area contributed by atoms with Crippen LogP contribution in [0.25, 0.3) is 0 Å². The molecule has 0 amide bonds. The zero-order chi connectivity index (χ0) is 14.8. The van der Waals surface area contributed by atoms with Crippen LogP contribution in [0.1, 0.15) is 26.2 Å². The number of aliphatic imine (C=N–C) groups is 1. The predicted molar refractivity (Wildman–Crippen MR) is 97.4 cm³/mol. The highest BCUT2D eigenvalue weighted by Crippen LogP contribution is 2.25. The molecule has 21 heavy (non-hydrogen) atoms. The van der Waals surface area contributed by atoms with Gasteiger partial charge in [-0.2, -0.15) is 0 Å². The first-order valence-electron chi connectivity index (χ1n) is 7.00. The van der Waals surface area contributed by atoms with Crippen LogP contribution in [0, 0.1) is 18.3 Å². The number of terminal acetylenes is 1. The second-order valence-corrected chi connectivity index (χ2v) is 6.71. The van der Waals surface area contributed by atoms with E-state index < -0.39 is 10.0 Å². The minimum absolute atomic E-state index is 0. The number of nitrogens with zero attached hydrogens (tertiary/aromatic N) is 1. The van der Waals surface area contributed by atoms with Gasteiger partial charge in [0.15, 0.2) is 5.96 Å². The van der Waals surface area contributed by atoms with Crippen LogP contribution in [0.4, 0.5) is 0 Å². The van der Waals surface area contributed by atoms with Crippen molar-refractivity contribution in [3.63, 3.8) is 0 Å². The van der Waals surface area contributed by atoms with Gasteiger partial charge >= 0.3 is 0 Å². The molecule has 0 atom stereocenters. The van der Waals surface area contributed by atoms with Gasteiger partial charge in [0.05, 0.1) is 18.8 Å². The average Bonchev–Trinajstić information content (AvgIpc) is 2.33. The summed E-state index contributed by atoms with van der Waals surface area (Å²) < 4.78 is 26.2. The highest BCUT2D eigenvalue weighted by molar-refractivity contribution is 14.0. The first-order chi connectivity index (χ1) is 9.57. The van der Waals surface area contributed by atoms with Gasteiger partial charge in [0, 0.05) is 13.1 Å². The van der Waals surface area contributed by atoms with E-state index in [9.17, 15) is 8.42 Å². The molecule has 0 aromatic rings. The quantitative estimate of drug-likeness (QED) is 0.228. The van der Waals surface area contributed by atoms with Gasteiger partial charge < -0.3 is 10.6 Å². The van der Waals surface area contributed by atoms with Gasteiger partial charge in [-0.05, 0) is 25.7 Å². The zero-order valence-corrected chi connectivity index (χ0v) is 15.5. The van der Waals surface area contributed by atoms with Crippen molar-refractivity contribution in [3.8, 4) is 12.3 Å². The van der Waals surface area contributed by atoms with E-state index in [0.29, 0.717) is 31.5 Å². The lowest BCUT2D eigenvalue weighted by Gasteiger charge is -2.25. The van der Waals surface area contributed by atoms with Crippen molar-refractivity contribution in [2.45, 2.75) is 26.2 Å². The molecule has 1 aliphatic carbocycles. The molecule has 3 N–H and O–H groups in total. The van der Waals surface area contributed by atoms with Crippen LogP contribution >= 0.6 is 24.0 Å². The molecular weight excluding hydrogens is 403 g/mol. The van der Waals surface area contributed by atoms with Crippen molar-refractivity contribution < 1.29 is 8.42 Å². The van der Waals surface area contributed by atoms with Crippen molar-refractivity contribution in [2.24, 2.45) is 10.9 Å². The van der Waals surface area contributed by atoms with E-state index in [1.54, 1.807) is 0 Å². The summed E-state index contributed by atoms with van der Waals surface area (Å²) >= 11 is 0. The molecule has 1 rings (SSSR count). The third-order valence-electron chi connectivity index (χ3n) is 3.15. The standard InChI is InChI=1S/C13H24N4O2S.HI/c1-3-8-15-13(14-4-2)16-9-10-20(18,19)17-11-12-6-5-7-12;/h1,12,17H,4-11H2,2H3,(H2,14,15,16);1H. The Bertz CT molecular complexity index is 455. The number of sulfonamides is 1. The molecule has 0 aromatic heterocycles. The first-order valence-corrected chi connectivity index (χ1v) is 8.65. The fourth-order valence-corrected chi connectivity index (χ4v) is 2.73. The summed E-state index contributed by atoms with van der Waals surface area (Å²) in [7, 11) is -3.24. The van der Waals surface area contributed by atoms with E-state index in [4.69, 9.17) is 6.42 Å². The van der Waals surface area contributed by atoms with Crippen molar-refractivity contribution >= 4 is 40.0 Å². The molecule has 0 aliphatic heterocycles. The third-order valence-corrected chi connectivity index (χ3v) is 4.48. The molecule has 0 saturated heterocycles. The number of guanidine groups is 1. The third kappa shape index (κ3) is 9.16. The lowest BCUT2D eigenvalue weighted by atomic mass is 9.86. The second-order valence-electron chi connectivity index (χ2n) is 4.78. The van der Waals surface area contributed by atoms with E-state index in [1.165, 1.54) is 6.42 Å². The summed E-state index contributed by atoms with van der Waals surface area (Å²) in [5.41, 5.74) is 0. The van der Waals surface area contributed by atoms with Gasteiger partial charge in [-0.15, -0.1) is 30.4 Å². The van der Waals surface area contributed by atoms with Crippen molar-refractivity contribution in [3.05, 3.63) is 0 Å². The highest BCUT2D eigenvalue weighted by atomic mass is 127. The molecule has 8 heteroatoms. The molecule has 0 unspecified atom stereocenters. The molecule has 0 radical (unpaired) electrons. The van der Waals surface area contributed by atoms with E-state index in [1.807, 2.05) is 6.92 Å².